The van der Waals surface area contributed by atoms with E-state index in [1.165, 1.54) is 0 Å². The summed E-state index contributed by atoms with van der Waals surface area (Å²) < 4.78 is 6.62. The molecule has 2 rings (SSSR count). The number of benzene rings is 1. The van der Waals surface area contributed by atoms with Crippen LogP contribution in [0.3, 0.4) is 0 Å². The number of Topliss-reactive ketones (excluding diaryl/α,β-unsaturated/α-hetero) is 1. The van der Waals surface area contributed by atoms with Crippen LogP contribution in [0.15, 0.2) is 22.7 Å². The van der Waals surface area contributed by atoms with Crippen LogP contribution in [0.25, 0.3) is 0 Å². The number of ether oxygens (including phenoxy) is 1. The molecule has 0 heterocycles. The Kier molecular flexibility index (Phi) is 5.48. The van der Waals surface area contributed by atoms with Crippen LogP contribution >= 0.6 is 15.9 Å². The SMILES string of the molecule is CCOc1ccc(Br)cc1C(=O)C1(CC(C)C)CCCC1. The first-order valence-electron chi connectivity index (χ1n) is 7.95. The summed E-state index contributed by atoms with van der Waals surface area (Å²) in [6.45, 7) is 6.95. The molecule has 21 heavy (non-hydrogen) atoms. The highest BCUT2D eigenvalue weighted by Crippen LogP contribution is 2.47. The summed E-state index contributed by atoms with van der Waals surface area (Å²) in [7, 11) is 0. The molecule has 0 atom stereocenters. The van der Waals surface area contributed by atoms with E-state index in [1.807, 2.05) is 25.1 Å². The van der Waals surface area contributed by atoms with Crippen molar-refractivity contribution in [2.75, 3.05) is 6.61 Å². The van der Waals surface area contributed by atoms with Gasteiger partial charge in [0.2, 0.25) is 0 Å². The minimum absolute atomic E-state index is 0.180. The first-order chi connectivity index (χ1) is 9.98. The number of carbonyl (C=O) groups excluding carboxylic acids is 1. The first kappa shape index (κ1) is 16.5. The van der Waals surface area contributed by atoms with Crippen molar-refractivity contribution < 1.29 is 9.53 Å². The number of ketones is 1. The molecule has 1 saturated carbocycles. The molecule has 1 aromatic rings. The summed E-state index contributed by atoms with van der Waals surface area (Å²) in [6.07, 6.45) is 5.33. The lowest BCUT2D eigenvalue weighted by atomic mass is 9.73. The Morgan fingerprint density at radius 1 is 1.33 bits per heavy atom. The van der Waals surface area contributed by atoms with Crippen LogP contribution in [-0.4, -0.2) is 12.4 Å². The van der Waals surface area contributed by atoms with E-state index in [4.69, 9.17) is 4.74 Å². The van der Waals surface area contributed by atoms with Gasteiger partial charge in [-0.1, -0.05) is 42.6 Å². The molecule has 3 heteroatoms. The second-order valence-corrected chi connectivity index (χ2v) is 7.40. The summed E-state index contributed by atoms with van der Waals surface area (Å²) in [5.41, 5.74) is 0.564. The van der Waals surface area contributed by atoms with E-state index in [2.05, 4.69) is 29.8 Å². The number of carbonyl (C=O) groups is 1. The summed E-state index contributed by atoms with van der Waals surface area (Å²) in [5.74, 6) is 1.54. The molecule has 0 radical (unpaired) electrons. The predicted octanol–water partition coefficient (Wildman–Crippen LogP) is 5.64. The van der Waals surface area contributed by atoms with Gasteiger partial charge in [0.15, 0.2) is 5.78 Å². The van der Waals surface area contributed by atoms with Crippen molar-refractivity contribution in [2.45, 2.75) is 52.9 Å². The van der Waals surface area contributed by atoms with Gasteiger partial charge in [-0.05, 0) is 50.3 Å². The van der Waals surface area contributed by atoms with Gasteiger partial charge in [0.05, 0.1) is 12.2 Å². The largest absolute Gasteiger partial charge is 0.493 e. The fraction of sp³-hybridized carbons (Fsp3) is 0.611. The van der Waals surface area contributed by atoms with Gasteiger partial charge in [-0.3, -0.25) is 4.79 Å². The van der Waals surface area contributed by atoms with Gasteiger partial charge in [0.25, 0.3) is 0 Å². The Morgan fingerprint density at radius 2 is 2.00 bits per heavy atom. The maximum atomic E-state index is 13.3. The second kappa shape index (κ2) is 6.95. The molecule has 1 aliphatic rings. The fourth-order valence-corrected chi connectivity index (χ4v) is 3.96. The predicted molar refractivity (Wildman–Crippen MR) is 90.0 cm³/mol. The van der Waals surface area contributed by atoms with Crippen LogP contribution < -0.4 is 4.74 Å². The van der Waals surface area contributed by atoms with Crippen molar-refractivity contribution >= 4 is 21.7 Å². The standard InChI is InChI=1S/C18H25BrO2/c1-4-21-16-8-7-14(19)11-15(16)17(20)18(12-13(2)3)9-5-6-10-18/h7-8,11,13H,4-6,9-10,12H2,1-3H3. The van der Waals surface area contributed by atoms with Gasteiger partial charge in [-0.15, -0.1) is 0 Å². The van der Waals surface area contributed by atoms with Crippen molar-refractivity contribution in [3.63, 3.8) is 0 Å². The molecule has 0 N–H and O–H groups in total. The third-order valence-corrected chi connectivity index (χ3v) is 4.82. The molecule has 0 bridgehead atoms. The molecule has 0 unspecified atom stereocenters. The van der Waals surface area contributed by atoms with Gasteiger partial charge in [-0.25, -0.2) is 0 Å². The monoisotopic (exact) mass is 352 g/mol. The Morgan fingerprint density at radius 3 is 2.57 bits per heavy atom. The van der Waals surface area contributed by atoms with E-state index in [1.54, 1.807) is 0 Å². The number of rotatable bonds is 6. The third-order valence-electron chi connectivity index (χ3n) is 4.33. The van der Waals surface area contributed by atoms with Crippen LogP contribution in [0.2, 0.25) is 0 Å². The van der Waals surface area contributed by atoms with Crippen molar-refractivity contribution in [1.82, 2.24) is 0 Å². The number of halogens is 1. The molecule has 1 aliphatic carbocycles. The number of hydrogen-bond donors (Lipinski definition) is 0. The Bertz CT molecular complexity index is 502. The zero-order valence-electron chi connectivity index (χ0n) is 13.2. The molecule has 2 nitrogen and oxygen atoms in total. The minimum Gasteiger partial charge on any atom is -0.493 e. The lowest BCUT2D eigenvalue weighted by molar-refractivity contribution is 0.0755. The van der Waals surface area contributed by atoms with Gasteiger partial charge in [-0.2, -0.15) is 0 Å². The van der Waals surface area contributed by atoms with Crippen LogP contribution in [0, 0.1) is 11.3 Å². The minimum atomic E-state index is -0.180. The molecule has 0 saturated heterocycles. The lowest BCUT2D eigenvalue weighted by Crippen LogP contribution is -2.30. The summed E-state index contributed by atoms with van der Waals surface area (Å²) in [6, 6.07) is 5.76. The van der Waals surface area contributed by atoms with Gasteiger partial charge in [0, 0.05) is 9.89 Å². The third kappa shape index (κ3) is 3.68. The molecule has 0 aliphatic heterocycles. The van der Waals surface area contributed by atoms with Crippen molar-refractivity contribution in [3.8, 4) is 5.75 Å². The maximum absolute atomic E-state index is 13.3. The van der Waals surface area contributed by atoms with E-state index in [0.717, 1.165) is 47.9 Å². The summed E-state index contributed by atoms with van der Waals surface area (Å²) in [4.78, 5) is 13.3. The van der Waals surface area contributed by atoms with Gasteiger partial charge in [0.1, 0.15) is 5.75 Å². The van der Waals surface area contributed by atoms with Crippen molar-refractivity contribution in [2.24, 2.45) is 11.3 Å². The van der Waals surface area contributed by atoms with E-state index in [-0.39, 0.29) is 11.2 Å². The van der Waals surface area contributed by atoms with Crippen LogP contribution in [0.5, 0.6) is 5.75 Å². The quantitative estimate of drug-likeness (QED) is 0.619. The molecule has 116 valence electrons. The Hall–Kier alpha value is -0.830. The van der Waals surface area contributed by atoms with Gasteiger partial charge >= 0.3 is 0 Å². The highest BCUT2D eigenvalue weighted by Gasteiger charge is 2.42. The molecule has 0 aromatic heterocycles. The molecule has 1 aromatic carbocycles. The Labute approximate surface area is 136 Å². The first-order valence-corrected chi connectivity index (χ1v) is 8.75. The van der Waals surface area contributed by atoms with Crippen LogP contribution in [-0.2, 0) is 0 Å². The average Bonchev–Trinajstić information content (AvgIpc) is 2.89. The highest BCUT2D eigenvalue weighted by atomic mass is 79.9. The summed E-state index contributed by atoms with van der Waals surface area (Å²) >= 11 is 3.49. The van der Waals surface area contributed by atoms with E-state index in [0.29, 0.717) is 12.5 Å². The zero-order valence-corrected chi connectivity index (χ0v) is 14.8. The maximum Gasteiger partial charge on any atom is 0.172 e. The van der Waals surface area contributed by atoms with Crippen molar-refractivity contribution in [3.05, 3.63) is 28.2 Å². The van der Waals surface area contributed by atoms with Crippen LogP contribution in [0.4, 0.5) is 0 Å². The number of hydrogen-bond acceptors (Lipinski definition) is 2. The molecular formula is C18H25BrO2. The highest BCUT2D eigenvalue weighted by molar-refractivity contribution is 9.10. The molecule has 0 spiro atoms. The molecule has 0 amide bonds. The normalized spacial score (nSPS) is 17.2. The van der Waals surface area contributed by atoms with E-state index < -0.39 is 0 Å². The van der Waals surface area contributed by atoms with Crippen LogP contribution in [0.1, 0.15) is 63.2 Å². The smallest absolute Gasteiger partial charge is 0.172 e. The second-order valence-electron chi connectivity index (χ2n) is 6.49. The Balaban J connectivity index is 2.39. The van der Waals surface area contributed by atoms with Crippen molar-refractivity contribution in [1.29, 1.82) is 0 Å². The average molecular weight is 353 g/mol. The van der Waals surface area contributed by atoms with E-state index in [9.17, 15) is 4.79 Å². The van der Waals surface area contributed by atoms with Gasteiger partial charge < -0.3 is 4.74 Å². The topological polar surface area (TPSA) is 26.3 Å². The molecular weight excluding hydrogens is 328 g/mol. The fourth-order valence-electron chi connectivity index (χ4n) is 3.60. The zero-order chi connectivity index (χ0) is 15.5. The van der Waals surface area contributed by atoms with E-state index >= 15 is 0 Å². The lowest BCUT2D eigenvalue weighted by Gasteiger charge is -2.30. The molecule has 1 fully saturated rings. The summed E-state index contributed by atoms with van der Waals surface area (Å²) in [5, 5.41) is 0.